The van der Waals surface area contributed by atoms with Crippen molar-refractivity contribution >= 4 is 11.3 Å². The largest absolute Gasteiger partial charge is 0.469 e. The van der Waals surface area contributed by atoms with Gasteiger partial charge in [0, 0.05) is 24.3 Å². The maximum Gasteiger partial charge on any atom is 0.105 e. The minimum Gasteiger partial charge on any atom is -0.469 e. The summed E-state index contributed by atoms with van der Waals surface area (Å²) < 4.78 is 5.25. The zero-order valence-electron chi connectivity index (χ0n) is 8.64. The smallest absolute Gasteiger partial charge is 0.105 e. The third kappa shape index (κ3) is 2.91. The summed E-state index contributed by atoms with van der Waals surface area (Å²) in [7, 11) is 0. The summed E-state index contributed by atoms with van der Waals surface area (Å²) in [5.41, 5.74) is 7.09. The summed E-state index contributed by atoms with van der Waals surface area (Å²) in [6.45, 7) is 2.01. The van der Waals surface area contributed by atoms with Crippen LogP contribution >= 0.6 is 11.3 Å². The van der Waals surface area contributed by atoms with Gasteiger partial charge in [0.05, 0.1) is 17.0 Å². The van der Waals surface area contributed by atoms with Crippen molar-refractivity contribution in [2.45, 2.75) is 25.8 Å². The molecule has 1 unspecified atom stereocenters. The molecule has 2 rings (SSSR count). The Bertz CT molecular complexity index is 408. The molecule has 0 radical (unpaired) electrons. The van der Waals surface area contributed by atoms with E-state index in [0.29, 0.717) is 0 Å². The maximum absolute atomic E-state index is 6.01. The quantitative estimate of drug-likeness (QED) is 0.862. The van der Waals surface area contributed by atoms with Gasteiger partial charge in [-0.2, -0.15) is 0 Å². The van der Waals surface area contributed by atoms with Gasteiger partial charge in [-0.3, -0.25) is 0 Å². The van der Waals surface area contributed by atoms with E-state index in [1.807, 2.05) is 19.1 Å². The molecule has 1 atom stereocenters. The van der Waals surface area contributed by atoms with Crippen molar-refractivity contribution in [3.8, 4) is 0 Å². The number of furan rings is 1. The lowest BCUT2D eigenvalue weighted by atomic mass is 10.1. The Kier molecular flexibility index (Phi) is 3.18. The second-order valence-electron chi connectivity index (χ2n) is 3.61. The highest BCUT2D eigenvalue weighted by molar-refractivity contribution is 7.09. The van der Waals surface area contributed by atoms with E-state index >= 15 is 0 Å². The standard InChI is InChI=1S/C11H14N2OS/c1-8-13-10(7-15-8)5-9(12)6-11-3-2-4-14-11/h2-4,7,9H,5-6,12H2,1H3. The lowest BCUT2D eigenvalue weighted by molar-refractivity contribution is 0.482. The Hall–Kier alpha value is -1.13. The molecule has 2 heterocycles. The van der Waals surface area contributed by atoms with E-state index in [-0.39, 0.29) is 6.04 Å². The number of nitrogens with two attached hydrogens (primary N) is 1. The predicted molar refractivity (Wildman–Crippen MR) is 60.9 cm³/mol. The molecule has 0 amide bonds. The van der Waals surface area contributed by atoms with Gasteiger partial charge in [0.2, 0.25) is 0 Å². The monoisotopic (exact) mass is 222 g/mol. The molecule has 0 aromatic carbocycles. The van der Waals surface area contributed by atoms with Gasteiger partial charge in [-0.05, 0) is 19.1 Å². The lowest BCUT2D eigenvalue weighted by Crippen LogP contribution is -2.25. The molecule has 3 nitrogen and oxygen atoms in total. The van der Waals surface area contributed by atoms with Crippen molar-refractivity contribution in [1.82, 2.24) is 4.98 Å². The van der Waals surface area contributed by atoms with Crippen LogP contribution in [0.25, 0.3) is 0 Å². The SMILES string of the molecule is Cc1nc(CC(N)Cc2ccco2)cs1. The fourth-order valence-corrected chi connectivity index (χ4v) is 2.16. The summed E-state index contributed by atoms with van der Waals surface area (Å²) in [6, 6.07) is 3.92. The van der Waals surface area contributed by atoms with Gasteiger partial charge < -0.3 is 10.2 Å². The van der Waals surface area contributed by atoms with E-state index in [0.717, 1.165) is 29.3 Å². The van der Waals surface area contributed by atoms with Gasteiger partial charge in [0.1, 0.15) is 5.76 Å². The van der Waals surface area contributed by atoms with Crippen LogP contribution in [0.2, 0.25) is 0 Å². The van der Waals surface area contributed by atoms with Crippen LogP contribution in [0.1, 0.15) is 16.5 Å². The zero-order valence-corrected chi connectivity index (χ0v) is 9.46. The number of aromatic nitrogens is 1. The number of thiazole rings is 1. The van der Waals surface area contributed by atoms with Gasteiger partial charge in [0.15, 0.2) is 0 Å². The molecule has 0 aliphatic rings. The Balaban J connectivity index is 1.90. The topological polar surface area (TPSA) is 52.0 Å². The third-order valence-corrected chi connectivity index (χ3v) is 3.00. The van der Waals surface area contributed by atoms with Crippen LogP contribution < -0.4 is 5.73 Å². The molecule has 2 N–H and O–H groups in total. The van der Waals surface area contributed by atoms with Crippen molar-refractivity contribution in [3.63, 3.8) is 0 Å². The van der Waals surface area contributed by atoms with Crippen LogP contribution in [0, 0.1) is 6.92 Å². The van der Waals surface area contributed by atoms with Crippen molar-refractivity contribution in [2.75, 3.05) is 0 Å². The summed E-state index contributed by atoms with van der Waals surface area (Å²) in [5.74, 6) is 0.939. The van der Waals surface area contributed by atoms with Crippen molar-refractivity contribution in [2.24, 2.45) is 5.73 Å². The Morgan fingerprint density at radius 2 is 2.40 bits per heavy atom. The Morgan fingerprint density at radius 3 is 3.00 bits per heavy atom. The second kappa shape index (κ2) is 4.59. The van der Waals surface area contributed by atoms with E-state index in [4.69, 9.17) is 10.2 Å². The third-order valence-electron chi connectivity index (χ3n) is 2.18. The minimum absolute atomic E-state index is 0.0812. The van der Waals surface area contributed by atoms with Crippen LogP contribution in [-0.2, 0) is 12.8 Å². The molecule has 0 aliphatic carbocycles. The first-order valence-corrected chi connectivity index (χ1v) is 5.81. The highest BCUT2D eigenvalue weighted by Crippen LogP contribution is 2.11. The highest BCUT2D eigenvalue weighted by atomic mass is 32.1. The van der Waals surface area contributed by atoms with Crippen LogP contribution in [0.4, 0.5) is 0 Å². The molecule has 4 heteroatoms. The molecule has 0 spiro atoms. The lowest BCUT2D eigenvalue weighted by Gasteiger charge is -2.07. The summed E-state index contributed by atoms with van der Waals surface area (Å²) in [6.07, 6.45) is 3.25. The van der Waals surface area contributed by atoms with Crippen LogP contribution in [0.15, 0.2) is 28.2 Å². The first-order valence-electron chi connectivity index (χ1n) is 4.93. The normalized spacial score (nSPS) is 12.9. The van der Waals surface area contributed by atoms with E-state index < -0.39 is 0 Å². The second-order valence-corrected chi connectivity index (χ2v) is 4.67. The number of hydrogen-bond acceptors (Lipinski definition) is 4. The number of nitrogens with zero attached hydrogens (tertiary/aromatic N) is 1. The Labute approximate surface area is 92.9 Å². The van der Waals surface area contributed by atoms with E-state index in [1.165, 1.54) is 0 Å². The minimum atomic E-state index is 0.0812. The number of rotatable bonds is 4. The first-order chi connectivity index (χ1) is 7.24. The number of aryl methyl sites for hydroxylation is 1. The average Bonchev–Trinajstić information content (AvgIpc) is 2.77. The van der Waals surface area contributed by atoms with Crippen molar-refractivity contribution in [3.05, 3.63) is 40.2 Å². The molecule has 0 fully saturated rings. The summed E-state index contributed by atoms with van der Waals surface area (Å²) >= 11 is 1.66. The van der Waals surface area contributed by atoms with Gasteiger partial charge in [-0.1, -0.05) is 0 Å². The fourth-order valence-electron chi connectivity index (χ4n) is 1.53. The summed E-state index contributed by atoms with van der Waals surface area (Å²) in [4.78, 5) is 4.39. The van der Waals surface area contributed by atoms with Crippen molar-refractivity contribution < 1.29 is 4.42 Å². The van der Waals surface area contributed by atoms with Gasteiger partial charge in [-0.25, -0.2) is 4.98 Å². The molecule has 0 saturated heterocycles. The van der Waals surface area contributed by atoms with E-state index in [9.17, 15) is 0 Å². The molecular weight excluding hydrogens is 208 g/mol. The van der Waals surface area contributed by atoms with Crippen LogP contribution in [0.3, 0.4) is 0 Å². The predicted octanol–water partition coefficient (Wildman–Crippen LogP) is 2.16. The Morgan fingerprint density at radius 1 is 1.53 bits per heavy atom. The molecule has 0 aliphatic heterocycles. The molecule has 0 bridgehead atoms. The van der Waals surface area contributed by atoms with Crippen LogP contribution in [-0.4, -0.2) is 11.0 Å². The molecule has 2 aromatic heterocycles. The maximum atomic E-state index is 6.01. The molecule has 0 saturated carbocycles. The van der Waals surface area contributed by atoms with Crippen LogP contribution in [0.5, 0.6) is 0 Å². The van der Waals surface area contributed by atoms with E-state index in [1.54, 1.807) is 17.6 Å². The molecule has 2 aromatic rings. The molecule has 15 heavy (non-hydrogen) atoms. The molecule has 80 valence electrons. The van der Waals surface area contributed by atoms with E-state index in [2.05, 4.69) is 10.4 Å². The van der Waals surface area contributed by atoms with Gasteiger partial charge in [-0.15, -0.1) is 11.3 Å². The highest BCUT2D eigenvalue weighted by Gasteiger charge is 2.09. The van der Waals surface area contributed by atoms with Gasteiger partial charge >= 0.3 is 0 Å². The zero-order chi connectivity index (χ0) is 10.7. The first kappa shape index (κ1) is 10.4. The van der Waals surface area contributed by atoms with Gasteiger partial charge in [0.25, 0.3) is 0 Å². The molecular formula is C11H14N2OS. The number of hydrogen-bond donors (Lipinski definition) is 1. The fraction of sp³-hybridized carbons (Fsp3) is 0.364. The van der Waals surface area contributed by atoms with Crippen molar-refractivity contribution in [1.29, 1.82) is 0 Å². The summed E-state index contributed by atoms with van der Waals surface area (Å²) in [5, 5.41) is 3.16. The average molecular weight is 222 g/mol.